The Morgan fingerprint density at radius 1 is 1.63 bits per heavy atom. The summed E-state index contributed by atoms with van der Waals surface area (Å²) in [6, 6.07) is 2.30. The fourth-order valence-corrected chi connectivity index (χ4v) is 2.39. The number of nitrogens with two attached hydrogens (primary N) is 1. The number of nitrogen functional groups attached to an aromatic ring is 1. The van der Waals surface area contributed by atoms with Gasteiger partial charge in [-0.05, 0) is 19.4 Å². The van der Waals surface area contributed by atoms with E-state index in [-0.39, 0.29) is 0 Å². The van der Waals surface area contributed by atoms with Crippen LogP contribution in [0.2, 0.25) is 0 Å². The van der Waals surface area contributed by atoms with E-state index in [9.17, 15) is 4.79 Å². The summed E-state index contributed by atoms with van der Waals surface area (Å²) in [5, 5.41) is 0. The Labute approximate surface area is 112 Å². The highest BCUT2D eigenvalue weighted by Gasteiger charge is 2.23. The Morgan fingerprint density at radius 2 is 2.42 bits per heavy atom. The average molecular weight is 267 g/mol. The molecule has 0 saturated carbocycles. The van der Waals surface area contributed by atoms with Gasteiger partial charge in [-0.1, -0.05) is 6.92 Å². The van der Waals surface area contributed by atoms with E-state index in [0.29, 0.717) is 18.3 Å². The smallest absolute Gasteiger partial charge is 0.301 e. The normalized spacial score (nSPS) is 20.5. The third-order valence-electron chi connectivity index (χ3n) is 3.49. The van der Waals surface area contributed by atoms with E-state index in [2.05, 4.69) is 17.2 Å². The highest BCUT2D eigenvalue weighted by Crippen LogP contribution is 2.19. The molecule has 0 aromatic carbocycles. The molecule has 0 bridgehead atoms. The van der Waals surface area contributed by atoms with Crippen molar-refractivity contribution in [2.24, 2.45) is 5.84 Å². The zero-order valence-electron chi connectivity index (χ0n) is 11.4. The monoisotopic (exact) mass is 267 g/mol. The topological polar surface area (TPSA) is 80.7 Å². The Kier molecular flexibility index (Phi) is 4.57. The Bertz CT molecular complexity index is 444. The fraction of sp³-hybridized carbons (Fsp3) is 0.615. The van der Waals surface area contributed by atoms with E-state index in [4.69, 9.17) is 15.0 Å². The molecule has 1 atom stereocenters. The highest BCUT2D eigenvalue weighted by molar-refractivity contribution is 5.92. The molecule has 1 saturated heterocycles. The molecular weight excluding hydrogens is 246 g/mol. The minimum Gasteiger partial charge on any atom is -0.454 e. The SMILES string of the molecule is CCC1COCCN1Cc1cc(C)c(C(=O)NN)o1. The molecule has 1 aromatic heterocycles. The quantitative estimate of drug-likeness (QED) is 0.479. The molecule has 6 nitrogen and oxygen atoms in total. The van der Waals surface area contributed by atoms with Crippen LogP contribution in [0.5, 0.6) is 0 Å². The number of rotatable bonds is 4. The molecular formula is C13H21N3O3. The number of aryl methyl sites for hydroxylation is 1. The molecule has 6 heteroatoms. The number of hydrogen-bond acceptors (Lipinski definition) is 5. The van der Waals surface area contributed by atoms with Gasteiger partial charge in [0.15, 0.2) is 5.76 Å². The molecule has 2 heterocycles. The van der Waals surface area contributed by atoms with Crippen molar-refractivity contribution < 1.29 is 13.9 Å². The van der Waals surface area contributed by atoms with E-state index in [0.717, 1.165) is 37.5 Å². The molecule has 0 spiro atoms. The summed E-state index contributed by atoms with van der Waals surface area (Å²) in [7, 11) is 0. The van der Waals surface area contributed by atoms with Crippen LogP contribution in [0.3, 0.4) is 0 Å². The maximum atomic E-state index is 11.5. The van der Waals surface area contributed by atoms with E-state index < -0.39 is 5.91 Å². The third kappa shape index (κ3) is 3.15. The number of morpholine rings is 1. The lowest BCUT2D eigenvalue weighted by atomic mass is 10.1. The van der Waals surface area contributed by atoms with E-state index in [1.165, 1.54) is 0 Å². The predicted octanol–water partition coefficient (Wildman–Crippen LogP) is 0.802. The van der Waals surface area contributed by atoms with Gasteiger partial charge in [-0.3, -0.25) is 15.1 Å². The van der Waals surface area contributed by atoms with Crippen molar-refractivity contribution in [3.05, 3.63) is 23.2 Å². The van der Waals surface area contributed by atoms with Crippen LogP contribution in [-0.2, 0) is 11.3 Å². The summed E-state index contributed by atoms with van der Waals surface area (Å²) in [5.74, 6) is 5.81. The number of hydrazine groups is 1. The first kappa shape index (κ1) is 14.0. The molecule has 1 aromatic rings. The van der Waals surface area contributed by atoms with Gasteiger partial charge < -0.3 is 9.15 Å². The van der Waals surface area contributed by atoms with E-state index in [1.807, 2.05) is 13.0 Å². The lowest BCUT2D eigenvalue weighted by Crippen LogP contribution is -2.44. The zero-order valence-corrected chi connectivity index (χ0v) is 11.4. The van der Waals surface area contributed by atoms with Crippen molar-refractivity contribution in [1.82, 2.24) is 10.3 Å². The molecule has 0 radical (unpaired) electrons. The molecule has 1 fully saturated rings. The summed E-state index contributed by atoms with van der Waals surface area (Å²) in [6.07, 6.45) is 1.04. The minimum absolute atomic E-state index is 0.291. The summed E-state index contributed by atoms with van der Waals surface area (Å²) in [5.41, 5.74) is 2.90. The summed E-state index contributed by atoms with van der Waals surface area (Å²) in [4.78, 5) is 13.8. The van der Waals surface area contributed by atoms with Crippen molar-refractivity contribution in [2.75, 3.05) is 19.8 Å². The van der Waals surface area contributed by atoms with E-state index >= 15 is 0 Å². The number of amides is 1. The van der Waals surface area contributed by atoms with Crippen LogP contribution in [0.25, 0.3) is 0 Å². The first-order chi connectivity index (χ1) is 9.15. The van der Waals surface area contributed by atoms with Crippen molar-refractivity contribution in [3.8, 4) is 0 Å². The van der Waals surface area contributed by atoms with Gasteiger partial charge in [0.25, 0.3) is 0 Å². The first-order valence-corrected chi connectivity index (χ1v) is 6.57. The van der Waals surface area contributed by atoms with Gasteiger partial charge in [-0.2, -0.15) is 0 Å². The van der Waals surface area contributed by atoms with Crippen LogP contribution in [0.15, 0.2) is 10.5 Å². The molecule has 19 heavy (non-hydrogen) atoms. The Morgan fingerprint density at radius 3 is 3.11 bits per heavy atom. The number of nitrogens with zero attached hydrogens (tertiary/aromatic N) is 1. The standard InChI is InChI=1S/C13H21N3O3/c1-3-10-8-18-5-4-16(10)7-11-6-9(2)12(19-11)13(17)15-14/h6,10H,3-5,7-8,14H2,1-2H3,(H,15,17). The van der Waals surface area contributed by atoms with E-state index in [1.54, 1.807) is 0 Å². The van der Waals surface area contributed by atoms with Crippen LogP contribution in [-0.4, -0.2) is 36.6 Å². The number of hydrogen-bond donors (Lipinski definition) is 2. The number of carbonyl (C=O) groups excluding carboxylic acids is 1. The zero-order chi connectivity index (χ0) is 13.8. The second kappa shape index (κ2) is 6.18. The van der Waals surface area contributed by atoms with Crippen LogP contribution >= 0.6 is 0 Å². The van der Waals surface area contributed by atoms with Crippen LogP contribution in [0, 0.1) is 6.92 Å². The molecule has 3 N–H and O–H groups in total. The summed E-state index contributed by atoms with van der Waals surface area (Å²) in [6.45, 7) is 7.07. The van der Waals surface area contributed by atoms with Crippen LogP contribution in [0.1, 0.15) is 35.2 Å². The second-order valence-corrected chi connectivity index (χ2v) is 4.81. The maximum Gasteiger partial charge on any atom is 0.301 e. The van der Waals surface area contributed by atoms with Crippen molar-refractivity contribution >= 4 is 5.91 Å². The molecule has 0 aliphatic carbocycles. The maximum absolute atomic E-state index is 11.5. The molecule has 1 amide bonds. The molecule has 1 unspecified atom stereocenters. The van der Waals surface area contributed by atoms with Gasteiger partial charge in [0, 0.05) is 18.2 Å². The molecule has 2 rings (SSSR count). The number of furan rings is 1. The predicted molar refractivity (Wildman–Crippen MR) is 70.4 cm³/mol. The van der Waals surface area contributed by atoms with Crippen LogP contribution < -0.4 is 11.3 Å². The van der Waals surface area contributed by atoms with Crippen LogP contribution in [0.4, 0.5) is 0 Å². The largest absolute Gasteiger partial charge is 0.454 e. The Hall–Kier alpha value is -1.37. The third-order valence-corrected chi connectivity index (χ3v) is 3.49. The molecule has 1 aliphatic rings. The van der Waals surface area contributed by atoms with Gasteiger partial charge in [0.1, 0.15) is 5.76 Å². The summed E-state index contributed by atoms with van der Waals surface area (Å²) < 4.78 is 11.1. The molecule has 1 aliphatic heterocycles. The van der Waals surface area contributed by atoms with Gasteiger partial charge in [-0.25, -0.2) is 5.84 Å². The molecule has 106 valence electrons. The Balaban J connectivity index is 2.08. The average Bonchev–Trinajstić information content (AvgIpc) is 2.79. The summed E-state index contributed by atoms with van der Waals surface area (Å²) >= 11 is 0. The van der Waals surface area contributed by atoms with Crippen molar-refractivity contribution in [3.63, 3.8) is 0 Å². The fourth-order valence-electron chi connectivity index (χ4n) is 2.39. The van der Waals surface area contributed by atoms with Gasteiger partial charge in [0.05, 0.1) is 19.8 Å². The highest BCUT2D eigenvalue weighted by atomic mass is 16.5. The van der Waals surface area contributed by atoms with Gasteiger partial charge in [-0.15, -0.1) is 0 Å². The van der Waals surface area contributed by atoms with Crippen molar-refractivity contribution in [2.45, 2.75) is 32.9 Å². The van der Waals surface area contributed by atoms with Gasteiger partial charge in [0.2, 0.25) is 0 Å². The number of carbonyl (C=O) groups is 1. The lowest BCUT2D eigenvalue weighted by molar-refractivity contribution is -0.0154. The minimum atomic E-state index is -0.391. The van der Waals surface area contributed by atoms with Gasteiger partial charge >= 0.3 is 5.91 Å². The number of ether oxygens (including phenoxy) is 1. The first-order valence-electron chi connectivity index (χ1n) is 6.57. The van der Waals surface area contributed by atoms with Crippen molar-refractivity contribution in [1.29, 1.82) is 0 Å². The second-order valence-electron chi connectivity index (χ2n) is 4.81. The lowest BCUT2D eigenvalue weighted by Gasteiger charge is -2.34. The number of nitrogens with one attached hydrogen (secondary N) is 1.